The number of amides is 1. The molecule has 8 heteroatoms. The number of H-pyrrole nitrogens is 1. The molecule has 31 heavy (non-hydrogen) atoms. The fourth-order valence-corrected chi connectivity index (χ4v) is 2.81. The predicted molar refractivity (Wildman–Crippen MR) is 119 cm³/mol. The fourth-order valence-electron chi connectivity index (χ4n) is 2.81. The number of rotatable bonds is 9. The normalized spacial score (nSPS) is 11.0. The van der Waals surface area contributed by atoms with Gasteiger partial charge in [0.25, 0.3) is 5.91 Å². The van der Waals surface area contributed by atoms with Crippen LogP contribution in [0.25, 0.3) is 11.3 Å². The van der Waals surface area contributed by atoms with Crippen molar-refractivity contribution in [1.29, 1.82) is 0 Å². The molecule has 1 heterocycles. The number of nitrogens with zero attached hydrogens (tertiary/aromatic N) is 2. The standard InChI is InChI=1S/C23H26N4O4/c1-15(2)14-31-19-8-5-16(6-9-19)23(28)27-25-13-18-12-24-26-22(18)17-7-10-20(29-3)21(11-17)30-4/h5-13,15H,14H2,1-4H3,(H,24,26)(H,27,28). The highest BCUT2D eigenvalue weighted by Crippen LogP contribution is 2.32. The van der Waals surface area contributed by atoms with E-state index in [0.29, 0.717) is 35.2 Å². The van der Waals surface area contributed by atoms with E-state index < -0.39 is 0 Å². The summed E-state index contributed by atoms with van der Waals surface area (Å²) in [5.74, 6) is 2.08. The van der Waals surface area contributed by atoms with Crippen LogP contribution in [-0.4, -0.2) is 43.1 Å². The Morgan fingerprint density at radius 3 is 2.55 bits per heavy atom. The summed E-state index contributed by atoms with van der Waals surface area (Å²) in [6, 6.07) is 12.5. The highest BCUT2D eigenvalue weighted by atomic mass is 16.5. The van der Waals surface area contributed by atoms with Crippen LogP contribution in [-0.2, 0) is 0 Å². The first-order valence-electron chi connectivity index (χ1n) is 9.83. The van der Waals surface area contributed by atoms with E-state index in [-0.39, 0.29) is 5.91 Å². The van der Waals surface area contributed by atoms with E-state index in [4.69, 9.17) is 14.2 Å². The summed E-state index contributed by atoms with van der Waals surface area (Å²) >= 11 is 0. The molecule has 0 unspecified atom stereocenters. The minimum Gasteiger partial charge on any atom is -0.493 e. The largest absolute Gasteiger partial charge is 0.493 e. The lowest BCUT2D eigenvalue weighted by molar-refractivity contribution is 0.0955. The molecule has 0 radical (unpaired) electrons. The Hall–Kier alpha value is -3.81. The molecule has 0 fully saturated rings. The number of methoxy groups -OCH3 is 2. The molecule has 2 aromatic carbocycles. The Labute approximate surface area is 181 Å². The zero-order chi connectivity index (χ0) is 22.2. The van der Waals surface area contributed by atoms with Gasteiger partial charge in [-0.3, -0.25) is 9.89 Å². The van der Waals surface area contributed by atoms with E-state index in [1.165, 1.54) is 6.21 Å². The van der Waals surface area contributed by atoms with Crippen LogP contribution in [0.1, 0.15) is 29.8 Å². The smallest absolute Gasteiger partial charge is 0.271 e. The van der Waals surface area contributed by atoms with Crippen molar-refractivity contribution in [2.75, 3.05) is 20.8 Å². The zero-order valence-electron chi connectivity index (χ0n) is 18.0. The summed E-state index contributed by atoms with van der Waals surface area (Å²) < 4.78 is 16.3. The van der Waals surface area contributed by atoms with Crippen LogP contribution in [0.2, 0.25) is 0 Å². The summed E-state index contributed by atoms with van der Waals surface area (Å²) in [4.78, 5) is 12.3. The van der Waals surface area contributed by atoms with Crippen LogP contribution >= 0.6 is 0 Å². The molecule has 0 saturated heterocycles. The van der Waals surface area contributed by atoms with Crippen LogP contribution < -0.4 is 19.6 Å². The van der Waals surface area contributed by atoms with E-state index >= 15 is 0 Å². The van der Waals surface area contributed by atoms with E-state index in [1.54, 1.807) is 44.7 Å². The van der Waals surface area contributed by atoms with E-state index in [2.05, 4.69) is 34.6 Å². The van der Waals surface area contributed by atoms with Crippen LogP contribution in [0.3, 0.4) is 0 Å². The summed E-state index contributed by atoms with van der Waals surface area (Å²) in [5.41, 5.74) is 5.32. The predicted octanol–water partition coefficient (Wildman–Crippen LogP) is 3.89. The first-order chi connectivity index (χ1) is 15.0. The lowest BCUT2D eigenvalue weighted by atomic mass is 10.1. The Balaban J connectivity index is 1.66. The number of hydrogen-bond acceptors (Lipinski definition) is 6. The number of hydrogen-bond donors (Lipinski definition) is 2. The highest BCUT2D eigenvalue weighted by molar-refractivity contribution is 5.95. The maximum Gasteiger partial charge on any atom is 0.271 e. The first-order valence-corrected chi connectivity index (χ1v) is 9.83. The maximum absolute atomic E-state index is 12.3. The number of carbonyl (C=O) groups excluding carboxylic acids is 1. The minimum absolute atomic E-state index is 0.317. The summed E-state index contributed by atoms with van der Waals surface area (Å²) in [7, 11) is 3.16. The maximum atomic E-state index is 12.3. The summed E-state index contributed by atoms with van der Waals surface area (Å²) in [5, 5.41) is 11.1. The van der Waals surface area contributed by atoms with Gasteiger partial charge in [0.15, 0.2) is 11.5 Å². The first kappa shape index (κ1) is 21.9. The van der Waals surface area contributed by atoms with Crippen molar-refractivity contribution in [3.63, 3.8) is 0 Å². The molecule has 1 aromatic heterocycles. The Morgan fingerprint density at radius 1 is 1.13 bits per heavy atom. The van der Waals surface area contributed by atoms with Crippen LogP contribution in [0, 0.1) is 5.92 Å². The van der Waals surface area contributed by atoms with E-state index in [9.17, 15) is 4.79 Å². The molecule has 2 N–H and O–H groups in total. The Kier molecular flexibility index (Phi) is 7.26. The van der Waals surface area contributed by atoms with Crippen molar-refractivity contribution in [3.8, 4) is 28.5 Å². The van der Waals surface area contributed by atoms with Crippen molar-refractivity contribution in [2.45, 2.75) is 13.8 Å². The van der Waals surface area contributed by atoms with Crippen LogP contribution in [0.15, 0.2) is 53.8 Å². The SMILES string of the molecule is COc1ccc(-c2[nH]ncc2C=NNC(=O)c2ccc(OCC(C)C)cc2)cc1OC. The van der Waals surface area contributed by atoms with Gasteiger partial charge < -0.3 is 14.2 Å². The van der Waals surface area contributed by atoms with E-state index in [1.807, 2.05) is 18.2 Å². The van der Waals surface area contributed by atoms with Crippen LogP contribution in [0.4, 0.5) is 0 Å². The second-order valence-corrected chi connectivity index (χ2v) is 7.20. The third-order valence-electron chi connectivity index (χ3n) is 4.41. The number of hydrazone groups is 1. The molecule has 0 aliphatic heterocycles. The molecule has 0 atom stereocenters. The van der Waals surface area contributed by atoms with Crippen molar-refractivity contribution in [2.24, 2.45) is 11.0 Å². The number of aromatic nitrogens is 2. The molecule has 0 aliphatic carbocycles. The monoisotopic (exact) mass is 422 g/mol. The van der Waals surface area contributed by atoms with E-state index in [0.717, 1.165) is 17.0 Å². The highest BCUT2D eigenvalue weighted by Gasteiger charge is 2.11. The minimum atomic E-state index is -0.317. The summed E-state index contributed by atoms with van der Waals surface area (Å²) in [6.07, 6.45) is 3.16. The second kappa shape index (κ2) is 10.3. The molecular weight excluding hydrogens is 396 g/mol. The van der Waals surface area contributed by atoms with Gasteiger partial charge in [-0.05, 0) is 48.4 Å². The third kappa shape index (κ3) is 5.63. The van der Waals surface area contributed by atoms with Gasteiger partial charge in [-0.25, -0.2) is 5.43 Å². The lowest BCUT2D eigenvalue weighted by Crippen LogP contribution is -2.17. The Morgan fingerprint density at radius 2 is 1.87 bits per heavy atom. The molecule has 0 aliphatic rings. The molecule has 8 nitrogen and oxygen atoms in total. The van der Waals surface area contributed by atoms with Gasteiger partial charge in [-0.1, -0.05) is 13.8 Å². The van der Waals surface area contributed by atoms with Gasteiger partial charge >= 0.3 is 0 Å². The molecule has 0 bridgehead atoms. The fraction of sp³-hybridized carbons (Fsp3) is 0.261. The number of benzene rings is 2. The lowest BCUT2D eigenvalue weighted by Gasteiger charge is -2.09. The third-order valence-corrected chi connectivity index (χ3v) is 4.41. The number of aromatic amines is 1. The quantitative estimate of drug-likeness (QED) is 0.403. The van der Waals surface area contributed by atoms with Crippen molar-refractivity contribution in [1.82, 2.24) is 15.6 Å². The van der Waals surface area contributed by atoms with Gasteiger partial charge in [0, 0.05) is 16.7 Å². The molecular formula is C23H26N4O4. The second-order valence-electron chi connectivity index (χ2n) is 7.20. The number of ether oxygens (including phenoxy) is 3. The van der Waals surface area contributed by atoms with Crippen molar-refractivity contribution in [3.05, 3.63) is 59.8 Å². The molecule has 0 spiro atoms. The van der Waals surface area contributed by atoms with Crippen molar-refractivity contribution < 1.29 is 19.0 Å². The number of carbonyl (C=O) groups is 1. The van der Waals surface area contributed by atoms with Crippen LogP contribution in [0.5, 0.6) is 17.2 Å². The average molecular weight is 422 g/mol. The molecule has 0 saturated carbocycles. The van der Waals surface area contributed by atoms with Gasteiger partial charge in [0.1, 0.15) is 5.75 Å². The molecule has 3 aromatic rings. The number of nitrogens with one attached hydrogen (secondary N) is 2. The molecule has 162 valence electrons. The average Bonchev–Trinajstić information content (AvgIpc) is 3.26. The topological polar surface area (TPSA) is 97.8 Å². The molecule has 1 amide bonds. The van der Waals surface area contributed by atoms with Gasteiger partial charge in [-0.2, -0.15) is 10.2 Å². The summed E-state index contributed by atoms with van der Waals surface area (Å²) in [6.45, 7) is 4.79. The van der Waals surface area contributed by atoms with Gasteiger partial charge in [0.05, 0.1) is 38.9 Å². The van der Waals surface area contributed by atoms with Gasteiger partial charge in [-0.15, -0.1) is 0 Å². The molecule has 3 rings (SSSR count). The zero-order valence-corrected chi connectivity index (χ0v) is 18.0. The van der Waals surface area contributed by atoms with Crippen molar-refractivity contribution >= 4 is 12.1 Å². The van der Waals surface area contributed by atoms with Gasteiger partial charge in [0.2, 0.25) is 0 Å². The Bertz CT molecular complexity index is 1040.